The lowest BCUT2D eigenvalue weighted by Crippen LogP contribution is -2.39. The van der Waals surface area contributed by atoms with Gasteiger partial charge in [-0.25, -0.2) is 14.4 Å². The van der Waals surface area contributed by atoms with Gasteiger partial charge in [0.05, 0.1) is 13.2 Å². The second-order valence-electron chi connectivity index (χ2n) is 6.62. The third-order valence-corrected chi connectivity index (χ3v) is 4.87. The van der Waals surface area contributed by atoms with Gasteiger partial charge in [-0.05, 0) is 42.3 Å². The number of hydrogen-bond acceptors (Lipinski definition) is 6. The number of hydroxylamine groups is 2. The summed E-state index contributed by atoms with van der Waals surface area (Å²) in [5.74, 6) is -0.354. The van der Waals surface area contributed by atoms with Gasteiger partial charge in [-0.2, -0.15) is 5.06 Å². The number of rotatable bonds is 4. The van der Waals surface area contributed by atoms with Gasteiger partial charge in [-0.1, -0.05) is 24.3 Å². The van der Waals surface area contributed by atoms with E-state index in [-0.39, 0.29) is 18.9 Å². The van der Waals surface area contributed by atoms with Gasteiger partial charge < -0.3 is 14.4 Å². The quantitative estimate of drug-likeness (QED) is 0.606. The fourth-order valence-corrected chi connectivity index (χ4v) is 3.62. The summed E-state index contributed by atoms with van der Waals surface area (Å²) in [7, 11) is 0. The Morgan fingerprint density at radius 2 is 1.93 bits per heavy atom. The number of esters is 1. The first-order valence-electron chi connectivity index (χ1n) is 9.12. The highest BCUT2D eigenvalue weighted by Crippen LogP contribution is 2.44. The summed E-state index contributed by atoms with van der Waals surface area (Å²) in [6, 6.07) is 11.2. The second-order valence-corrected chi connectivity index (χ2v) is 6.62. The number of urea groups is 1. The lowest BCUT2D eigenvalue weighted by molar-refractivity contribution is -0.148. The Morgan fingerprint density at radius 1 is 1.17 bits per heavy atom. The van der Waals surface area contributed by atoms with Gasteiger partial charge in [0.15, 0.2) is 6.04 Å². The monoisotopic (exact) mass is 397 g/mol. The second kappa shape index (κ2) is 7.44. The number of nitrogens with zero attached hydrogens (tertiary/aromatic N) is 2. The van der Waals surface area contributed by atoms with Crippen molar-refractivity contribution in [2.45, 2.75) is 19.0 Å². The average molecular weight is 397 g/mol. The number of amides is 3. The molecule has 2 aromatic rings. The van der Waals surface area contributed by atoms with Gasteiger partial charge in [0.25, 0.3) is 0 Å². The lowest BCUT2D eigenvalue weighted by atomic mass is 9.91. The van der Waals surface area contributed by atoms with Gasteiger partial charge in [0.2, 0.25) is 0 Å². The number of anilines is 1. The highest BCUT2D eigenvalue weighted by Gasteiger charge is 2.50. The zero-order valence-corrected chi connectivity index (χ0v) is 15.6. The zero-order chi connectivity index (χ0) is 20.5. The summed E-state index contributed by atoms with van der Waals surface area (Å²) in [6.07, 6.45) is -0.682. The first-order valence-corrected chi connectivity index (χ1v) is 9.12. The van der Waals surface area contributed by atoms with E-state index in [1.54, 1.807) is 43.3 Å². The largest absolute Gasteiger partial charge is 0.464 e. The van der Waals surface area contributed by atoms with Crippen LogP contribution in [0.5, 0.6) is 5.75 Å². The van der Waals surface area contributed by atoms with Crippen molar-refractivity contribution in [2.24, 2.45) is 0 Å². The maximum Gasteiger partial charge on any atom is 0.417 e. The molecule has 2 heterocycles. The highest BCUT2D eigenvalue weighted by atomic mass is 16.6. The van der Waals surface area contributed by atoms with Crippen molar-refractivity contribution in [3.63, 3.8) is 0 Å². The van der Waals surface area contributed by atoms with Crippen LogP contribution in [-0.4, -0.2) is 46.4 Å². The summed E-state index contributed by atoms with van der Waals surface area (Å²) in [5, 5.41) is 13.4. The molecule has 2 atom stereocenters. The third kappa shape index (κ3) is 3.36. The molecule has 1 fully saturated rings. The fraction of sp³-hybridized carbons (Fsp3) is 0.250. The van der Waals surface area contributed by atoms with Gasteiger partial charge in [-0.15, -0.1) is 0 Å². The number of ether oxygens (including phenoxy) is 2. The van der Waals surface area contributed by atoms with E-state index in [0.29, 0.717) is 21.9 Å². The number of fused-ring (bicyclic) bond motifs is 4. The minimum atomic E-state index is -0.960. The predicted octanol–water partition coefficient (Wildman–Crippen LogP) is 3.08. The van der Waals surface area contributed by atoms with E-state index in [0.717, 1.165) is 0 Å². The molecule has 2 bridgehead atoms. The minimum Gasteiger partial charge on any atom is -0.464 e. The molecule has 4 rings (SSSR count). The molecular formula is C20H19N3O6. The standard InChI is InChI=1S/C20H19N3O6/c1-2-28-18(24)17-14-9-8-13(29-19(25)21-12-6-4-3-5-7-12)10-15(14)16-11-22(17)20(26)23(16)27/h3-10,16-17,27H,2,11H2,1H3,(H,21,25)/t16-,17?/m1/s1. The van der Waals surface area contributed by atoms with E-state index in [1.807, 2.05) is 6.07 Å². The number of carbonyl (C=O) groups excluding carboxylic acids is 3. The van der Waals surface area contributed by atoms with E-state index in [1.165, 1.54) is 11.0 Å². The molecule has 2 aliphatic heterocycles. The van der Waals surface area contributed by atoms with E-state index >= 15 is 0 Å². The maximum absolute atomic E-state index is 12.5. The maximum atomic E-state index is 12.5. The van der Waals surface area contributed by atoms with Crippen molar-refractivity contribution in [2.75, 3.05) is 18.5 Å². The molecule has 0 aliphatic carbocycles. The average Bonchev–Trinajstić information content (AvgIpc) is 2.95. The fourth-order valence-electron chi connectivity index (χ4n) is 3.62. The molecule has 0 radical (unpaired) electrons. The van der Waals surface area contributed by atoms with Crippen molar-refractivity contribution >= 4 is 23.8 Å². The van der Waals surface area contributed by atoms with Crippen LogP contribution in [0.25, 0.3) is 0 Å². The van der Waals surface area contributed by atoms with Crippen LogP contribution in [-0.2, 0) is 9.53 Å². The van der Waals surface area contributed by atoms with Crippen LogP contribution in [0.4, 0.5) is 15.3 Å². The molecule has 2 N–H and O–H groups in total. The van der Waals surface area contributed by atoms with E-state index in [2.05, 4.69) is 5.32 Å². The first-order chi connectivity index (χ1) is 14.0. The number of benzene rings is 2. The summed E-state index contributed by atoms with van der Waals surface area (Å²) in [6.45, 7) is 1.97. The summed E-state index contributed by atoms with van der Waals surface area (Å²) in [5.41, 5.74) is 1.63. The van der Waals surface area contributed by atoms with Crippen LogP contribution in [0.2, 0.25) is 0 Å². The Bertz CT molecular complexity index is 964. The molecular weight excluding hydrogens is 378 g/mol. The van der Waals surface area contributed by atoms with Crippen LogP contribution in [0.3, 0.4) is 0 Å². The van der Waals surface area contributed by atoms with Gasteiger partial charge in [-0.3, -0.25) is 10.5 Å². The molecule has 0 aromatic heterocycles. The van der Waals surface area contributed by atoms with Crippen LogP contribution < -0.4 is 10.1 Å². The van der Waals surface area contributed by atoms with E-state index in [9.17, 15) is 19.6 Å². The summed E-state index contributed by atoms with van der Waals surface area (Å²) in [4.78, 5) is 38.2. The number of nitrogens with one attached hydrogen (secondary N) is 1. The van der Waals surface area contributed by atoms with E-state index < -0.39 is 30.2 Å². The Morgan fingerprint density at radius 3 is 2.66 bits per heavy atom. The predicted molar refractivity (Wildman–Crippen MR) is 100 cm³/mol. The smallest absolute Gasteiger partial charge is 0.417 e. The van der Waals surface area contributed by atoms with Crippen molar-refractivity contribution < 1.29 is 29.1 Å². The van der Waals surface area contributed by atoms with E-state index in [4.69, 9.17) is 9.47 Å². The molecule has 0 saturated carbocycles. The van der Waals surface area contributed by atoms with Gasteiger partial charge >= 0.3 is 18.1 Å². The van der Waals surface area contributed by atoms with Crippen molar-refractivity contribution in [1.82, 2.24) is 9.96 Å². The van der Waals surface area contributed by atoms with Crippen LogP contribution in [0.1, 0.15) is 30.1 Å². The summed E-state index contributed by atoms with van der Waals surface area (Å²) >= 11 is 0. The number of hydrogen-bond donors (Lipinski definition) is 2. The SMILES string of the molecule is CCOC(=O)C1c2ccc(OC(=O)Nc3ccccc3)cc2[C@H]2CN1C(=O)N2O. The molecule has 9 nitrogen and oxygen atoms in total. The molecule has 9 heteroatoms. The van der Waals surface area contributed by atoms with Gasteiger partial charge in [0, 0.05) is 5.69 Å². The molecule has 2 aromatic carbocycles. The molecule has 150 valence electrons. The van der Waals surface area contributed by atoms with Crippen molar-refractivity contribution in [3.05, 3.63) is 59.7 Å². The van der Waals surface area contributed by atoms with Crippen LogP contribution in [0, 0.1) is 0 Å². The van der Waals surface area contributed by atoms with Crippen LogP contribution in [0.15, 0.2) is 48.5 Å². The number of carbonyl (C=O) groups is 3. The first kappa shape index (κ1) is 18.8. The molecule has 1 saturated heterocycles. The lowest BCUT2D eigenvalue weighted by Gasteiger charge is -2.31. The molecule has 2 aliphatic rings. The Kier molecular flexibility index (Phi) is 4.81. The van der Waals surface area contributed by atoms with Gasteiger partial charge in [0.1, 0.15) is 11.8 Å². The molecule has 3 amide bonds. The Labute approximate surface area is 166 Å². The molecule has 0 spiro atoms. The Balaban J connectivity index is 1.61. The molecule has 29 heavy (non-hydrogen) atoms. The third-order valence-electron chi connectivity index (χ3n) is 4.87. The summed E-state index contributed by atoms with van der Waals surface area (Å²) < 4.78 is 10.4. The Hall–Kier alpha value is -3.59. The minimum absolute atomic E-state index is 0.130. The normalized spacial score (nSPS) is 19.6. The van der Waals surface area contributed by atoms with Crippen molar-refractivity contribution in [1.29, 1.82) is 0 Å². The topological polar surface area (TPSA) is 108 Å². The van der Waals surface area contributed by atoms with Crippen LogP contribution >= 0.6 is 0 Å². The van der Waals surface area contributed by atoms with Crippen molar-refractivity contribution in [3.8, 4) is 5.75 Å². The zero-order valence-electron chi connectivity index (χ0n) is 15.6. The highest BCUT2D eigenvalue weighted by molar-refractivity contribution is 5.89. The molecule has 1 unspecified atom stereocenters. The number of para-hydroxylation sites is 1.